The van der Waals surface area contributed by atoms with Crippen LogP contribution in [0.5, 0.6) is 0 Å². The summed E-state index contributed by atoms with van der Waals surface area (Å²) in [5, 5.41) is 0. The van der Waals surface area contributed by atoms with Gasteiger partial charge in [0, 0.05) is 64.0 Å². The summed E-state index contributed by atoms with van der Waals surface area (Å²) in [6.45, 7) is 13.4. The smallest absolute Gasteiger partial charge is 0.253 e. The normalized spacial score (nSPS) is 27.5. The average molecular weight is 457 g/mol. The van der Waals surface area contributed by atoms with E-state index < -0.39 is 0 Å². The number of hydrogen-bond donors (Lipinski definition) is 0. The Morgan fingerprint density at radius 2 is 1.55 bits per heavy atom. The molecule has 0 radical (unpaired) electrons. The number of carbonyl (C=O) groups is 2. The highest BCUT2D eigenvalue weighted by atomic mass is 16.5. The molecule has 3 aliphatic rings. The second-order valence-corrected chi connectivity index (χ2v) is 10.1. The molecule has 3 fully saturated rings. The quantitative estimate of drug-likeness (QED) is 0.681. The van der Waals surface area contributed by atoms with Gasteiger partial charge in [-0.2, -0.15) is 0 Å². The monoisotopic (exact) mass is 456 g/mol. The molecule has 0 N–H and O–H groups in total. The molecule has 0 bridgehead atoms. The van der Waals surface area contributed by atoms with Gasteiger partial charge >= 0.3 is 0 Å². The maximum absolute atomic E-state index is 13.0. The first kappa shape index (κ1) is 24.2. The molecule has 0 saturated carbocycles. The molecule has 4 rings (SSSR count). The lowest BCUT2D eigenvalue weighted by Gasteiger charge is -2.38. The number of rotatable bonds is 5. The first-order chi connectivity index (χ1) is 15.9. The highest BCUT2D eigenvalue weighted by Crippen LogP contribution is 2.18. The van der Waals surface area contributed by atoms with Crippen molar-refractivity contribution in [1.29, 1.82) is 0 Å². The molecule has 1 aromatic rings. The summed E-state index contributed by atoms with van der Waals surface area (Å²) >= 11 is 0. The number of ether oxygens (including phenoxy) is 1. The number of amides is 2. The van der Waals surface area contributed by atoms with E-state index in [0.29, 0.717) is 25.7 Å². The van der Waals surface area contributed by atoms with Crippen LogP contribution in [0.4, 0.5) is 0 Å². The number of benzene rings is 1. The first-order valence-electron chi connectivity index (χ1n) is 12.7. The molecule has 3 unspecified atom stereocenters. The van der Waals surface area contributed by atoms with E-state index in [2.05, 4.69) is 42.7 Å². The minimum absolute atomic E-state index is 0.0887. The standard InChI is InChI=1S/C26H40N4O3/c1-20-6-4-5-11-30(20)25(31)19-27-12-14-29(15-13-27)26(32)24-9-7-23(8-10-24)18-28-16-21(2)33-22(3)17-28/h7-10,20-22H,4-6,11-19H2,1-3H3. The van der Waals surface area contributed by atoms with E-state index in [0.717, 1.165) is 57.7 Å². The third kappa shape index (κ3) is 6.34. The lowest BCUT2D eigenvalue weighted by molar-refractivity contribution is -0.136. The molecule has 0 aromatic heterocycles. The Labute approximate surface area is 198 Å². The maximum atomic E-state index is 13.0. The van der Waals surface area contributed by atoms with E-state index in [1.54, 1.807) is 0 Å². The van der Waals surface area contributed by atoms with E-state index in [1.807, 2.05) is 21.9 Å². The summed E-state index contributed by atoms with van der Waals surface area (Å²) in [5.41, 5.74) is 1.97. The van der Waals surface area contributed by atoms with Crippen molar-refractivity contribution in [3.05, 3.63) is 35.4 Å². The fourth-order valence-electron chi connectivity index (χ4n) is 5.47. The highest BCUT2D eigenvalue weighted by molar-refractivity contribution is 5.94. The van der Waals surface area contributed by atoms with Gasteiger partial charge in [0.15, 0.2) is 0 Å². The topological polar surface area (TPSA) is 56.3 Å². The van der Waals surface area contributed by atoms with Crippen molar-refractivity contribution >= 4 is 11.8 Å². The highest BCUT2D eigenvalue weighted by Gasteiger charge is 2.28. The summed E-state index contributed by atoms with van der Waals surface area (Å²) in [7, 11) is 0. The molecular weight excluding hydrogens is 416 g/mol. The Kier molecular flexibility index (Phi) is 8.04. The van der Waals surface area contributed by atoms with E-state index in [4.69, 9.17) is 4.74 Å². The molecule has 1 aromatic carbocycles. The molecule has 2 amide bonds. The van der Waals surface area contributed by atoms with Gasteiger partial charge in [-0.25, -0.2) is 0 Å². The van der Waals surface area contributed by atoms with Crippen molar-refractivity contribution in [2.24, 2.45) is 0 Å². The Morgan fingerprint density at radius 1 is 0.879 bits per heavy atom. The zero-order valence-corrected chi connectivity index (χ0v) is 20.5. The van der Waals surface area contributed by atoms with Gasteiger partial charge in [-0.3, -0.25) is 19.4 Å². The molecule has 3 heterocycles. The minimum atomic E-state index is 0.0887. The van der Waals surface area contributed by atoms with Crippen LogP contribution in [-0.4, -0.2) is 102 Å². The number of piperidine rings is 1. The van der Waals surface area contributed by atoms with Crippen molar-refractivity contribution in [2.75, 3.05) is 52.4 Å². The van der Waals surface area contributed by atoms with Gasteiger partial charge in [0.2, 0.25) is 5.91 Å². The molecular formula is C26H40N4O3. The van der Waals surface area contributed by atoms with Gasteiger partial charge in [0.25, 0.3) is 5.91 Å². The predicted molar refractivity (Wildman–Crippen MR) is 129 cm³/mol. The van der Waals surface area contributed by atoms with Crippen LogP contribution in [0.1, 0.15) is 56.0 Å². The van der Waals surface area contributed by atoms with Gasteiger partial charge in [-0.05, 0) is 57.7 Å². The van der Waals surface area contributed by atoms with Crippen LogP contribution < -0.4 is 0 Å². The Balaban J connectivity index is 1.24. The maximum Gasteiger partial charge on any atom is 0.253 e. The number of carbonyl (C=O) groups excluding carboxylic acids is 2. The van der Waals surface area contributed by atoms with Gasteiger partial charge in [-0.15, -0.1) is 0 Å². The Bertz CT molecular complexity index is 796. The number of nitrogens with zero attached hydrogens (tertiary/aromatic N) is 4. The summed E-state index contributed by atoms with van der Waals surface area (Å²) < 4.78 is 5.82. The van der Waals surface area contributed by atoms with Crippen LogP contribution in [0.2, 0.25) is 0 Å². The molecule has 33 heavy (non-hydrogen) atoms. The number of morpholine rings is 1. The molecule has 7 heteroatoms. The van der Waals surface area contributed by atoms with E-state index in [1.165, 1.54) is 12.0 Å². The lowest BCUT2D eigenvalue weighted by atomic mass is 10.0. The van der Waals surface area contributed by atoms with Crippen LogP contribution in [-0.2, 0) is 16.1 Å². The third-order valence-electron chi connectivity index (χ3n) is 7.24. The lowest BCUT2D eigenvalue weighted by Crippen LogP contribution is -2.53. The first-order valence-corrected chi connectivity index (χ1v) is 12.7. The zero-order valence-electron chi connectivity index (χ0n) is 20.5. The largest absolute Gasteiger partial charge is 0.373 e. The summed E-state index contributed by atoms with van der Waals surface area (Å²) in [6, 6.07) is 8.42. The number of likely N-dealkylation sites (tertiary alicyclic amines) is 1. The van der Waals surface area contributed by atoms with Crippen LogP contribution in [0.3, 0.4) is 0 Å². The fraction of sp³-hybridized carbons (Fsp3) is 0.692. The molecule has 3 aliphatic heterocycles. The van der Waals surface area contributed by atoms with Gasteiger partial charge in [-0.1, -0.05) is 12.1 Å². The second-order valence-electron chi connectivity index (χ2n) is 10.1. The van der Waals surface area contributed by atoms with Crippen LogP contribution in [0.25, 0.3) is 0 Å². The molecule has 3 atom stereocenters. The average Bonchev–Trinajstić information content (AvgIpc) is 2.79. The Hall–Kier alpha value is -1.96. The summed E-state index contributed by atoms with van der Waals surface area (Å²) in [5.74, 6) is 0.326. The van der Waals surface area contributed by atoms with Crippen LogP contribution in [0, 0.1) is 0 Å². The van der Waals surface area contributed by atoms with Crippen molar-refractivity contribution < 1.29 is 14.3 Å². The van der Waals surface area contributed by atoms with Gasteiger partial charge in [0.05, 0.1) is 18.8 Å². The van der Waals surface area contributed by atoms with Crippen LogP contribution >= 0.6 is 0 Å². The molecule has 0 aliphatic carbocycles. The zero-order chi connectivity index (χ0) is 23.4. The molecule has 0 spiro atoms. The third-order valence-corrected chi connectivity index (χ3v) is 7.24. The number of hydrogen-bond acceptors (Lipinski definition) is 5. The fourth-order valence-corrected chi connectivity index (χ4v) is 5.47. The van der Waals surface area contributed by atoms with Gasteiger partial charge in [0.1, 0.15) is 0 Å². The minimum Gasteiger partial charge on any atom is -0.373 e. The van der Waals surface area contributed by atoms with Crippen molar-refractivity contribution in [3.63, 3.8) is 0 Å². The summed E-state index contributed by atoms with van der Waals surface area (Å²) in [4.78, 5) is 34.3. The number of piperazine rings is 1. The molecule has 7 nitrogen and oxygen atoms in total. The van der Waals surface area contributed by atoms with Gasteiger partial charge < -0.3 is 14.5 Å². The SMILES string of the molecule is CC1CN(Cc2ccc(C(=O)N3CCN(CC(=O)N4CCCCC4C)CC3)cc2)CC(C)O1. The van der Waals surface area contributed by atoms with Crippen molar-refractivity contribution in [1.82, 2.24) is 19.6 Å². The predicted octanol–water partition coefficient (Wildman–Crippen LogP) is 2.45. The molecule has 182 valence electrons. The molecule has 3 saturated heterocycles. The van der Waals surface area contributed by atoms with Crippen LogP contribution in [0.15, 0.2) is 24.3 Å². The Morgan fingerprint density at radius 3 is 2.18 bits per heavy atom. The van der Waals surface area contributed by atoms with E-state index in [9.17, 15) is 9.59 Å². The van der Waals surface area contributed by atoms with E-state index >= 15 is 0 Å². The van der Waals surface area contributed by atoms with Crippen molar-refractivity contribution in [2.45, 2.75) is 64.8 Å². The second kappa shape index (κ2) is 11.0. The summed E-state index contributed by atoms with van der Waals surface area (Å²) in [6.07, 6.45) is 3.95. The van der Waals surface area contributed by atoms with Crippen molar-refractivity contribution in [3.8, 4) is 0 Å². The van der Waals surface area contributed by atoms with E-state index in [-0.39, 0.29) is 24.0 Å².